The SMILES string of the molecule is Cc1cccc(C)c1-c1cc([C@@H](CC(=O)O)NC(=O)[C@H](CC(C)C)n2cc(CCN(C)C)c(C(F)(F)F)cc2=O)c2n(c1=O)CCC2. The van der Waals surface area contributed by atoms with Crippen molar-refractivity contribution in [1.29, 1.82) is 0 Å². The molecule has 254 valence electrons. The first-order valence-corrected chi connectivity index (χ1v) is 15.8. The highest BCUT2D eigenvalue weighted by atomic mass is 19.4. The molecule has 0 fully saturated rings. The molecule has 0 unspecified atom stereocenters. The van der Waals surface area contributed by atoms with Crippen molar-refractivity contribution in [1.82, 2.24) is 19.4 Å². The first-order chi connectivity index (χ1) is 22.0. The van der Waals surface area contributed by atoms with Crippen LogP contribution in [0.2, 0.25) is 0 Å². The number of nitrogens with zero attached hydrogens (tertiary/aromatic N) is 3. The number of aliphatic carboxylic acids is 1. The molecule has 1 aliphatic rings. The quantitative estimate of drug-likeness (QED) is 0.274. The zero-order chi connectivity index (χ0) is 34.8. The van der Waals surface area contributed by atoms with Crippen molar-refractivity contribution in [3.05, 3.63) is 90.7 Å². The van der Waals surface area contributed by atoms with E-state index in [0.29, 0.717) is 42.3 Å². The fourth-order valence-electron chi connectivity index (χ4n) is 6.48. The number of halogens is 3. The molecule has 2 N–H and O–H groups in total. The average Bonchev–Trinajstić information content (AvgIpc) is 3.45. The highest BCUT2D eigenvalue weighted by Crippen LogP contribution is 2.34. The summed E-state index contributed by atoms with van der Waals surface area (Å²) >= 11 is 0. The summed E-state index contributed by atoms with van der Waals surface area (Å²) in [5.74, 6) is -2.02. The van der Waals surface area contributed by atoms with E-state index in [1.54, 1.807) is 29.6 Å². The molecule has 0 saturated carbocycles. The smallest absolute Gasteiger partial charge is 0.416 e. The average molecular weight is 657 g/mol. The van der Waals surface area contributed by atoms with E-state index in [4.69, 9.17) is 0 Å². The van der Waals surface area contributed by atoms with E-state index in [2.05, 4.69) is 5.32 Å². The fraction of sp³-hybridized carbons (Fsp3) is 0.486. The number of carbonyl (C=O) groups excluding carboxylic acids is 1. The molecular weight excluding hydrogens is 613 g/mol. The molecule has 9 nitrogen and oxygen atoms in total. The maximum absolute atomic E-state index is 14.1. The molecule has 4 rings (SSSR count). The van der Waals surface area contributed by atoms with Gasteiger partial charge < -0.3 is 24.5 Å². The van der Waals surface area contributed by atoms with E-state index in [1.807, 2.05) is 45.9 Å². The Morgan fingerprint density at radius 2 is 1.74 bits per heavy atom. The Morgan fingerprint density at radius 3 is 2.32 bits per heavy atom. The van der Waals surface area contributed by atoms with Crippen LogP contribution in [0.5, 0.6) is 0 Å². The molecule has 2 atom stereocenters. The number of carbonyl (C=O) groups is 2. The number of likely N-dealkylation sites (N-methyl/N-ethyl adjacent to an activating group) is 1. The third-order valence-electron chi connectivity index (χ3n) is 8.68. The summed E-state index contributed by atoms with van der Waals surface area (Å²) in [6, 6.07) is 5.59. The second-order valence-electron chi connectivity index (χ2n) is 13.1. The van der Waals surface area contributed by atoms with Gasteiger partial charge in [0.15, 0.2) is 0 Å². The Hall–Kier alpha value is -4.19. The number of carboxylic acids is 1. The summed E-state index contributed by atoms with van der Waals surface area (Å²) in [5, 5.41) is 12.8. The van der Waals surface area contributed by atoms with Crippen LogP contribution >= 0.6 is 0 Å². The van der Waals surface area contributed by atoms with E-state index in [-0.39, 0.29) is 36.4 Å². The third-order valence-corrected chi connectivity index (χ3v) is 8.68. The standard InChI is InChI=1S/C35H43F3N4O5/c1-20(2)15-29(42-19-23(12-14-40(5)6)26(17-30(42)43)35(36,37)38)33(46)39-27(18-31(44)45)24-16-25(32-21(3)9-7-10-22(32)4)34(47)41-13-8-11-28(24)41/h7,9-10,16-17,19-20,27,29H,8,11-15,18H2,1-6H3,(H,39,46)(H,44,45)/t27-,29+/m1/s1. The molecule has 0 saturated heterocycles. The number of pyridine rings is 2. The lowest BCUT2D eigenvalue weighted by Crippen LogP contribution is -2.41. The molecule has 0 aliphatic carbocycles. The van der Waals surface area contributed by atoms with Gasteiger partial charge in [0.1, 0.15) is 6.04 Å². The van der Waals surface area contributed by atoms with Gasteiger partial charge in [-0.2, -0.15) is 13.2 Å². The number of fused-ring (bicyclic) bond motifs is 1. The van der Waals surface area contributed by atoms with Crippen LogP contribution in [0, 0.1) is 19.8 Å². The lowest BCUT2D eigenvalue weighted by atomic mass is 9.92. The number of benzene rings is 1. The Morgan fingerprint density at radius 1 is 1.09 bits per heavy atom. The molecule has 0 radical (unpaired) electrons. The highest BCUT2D eigenvalue weighted by molar-refractivity contribution is 5.82. The van der Waals surface area contributed by atoms with Crippen molar-refractivity contribution in [2.24, 2.45) is 5.92 Å². The van der Waals surface area contributed by atoms with Gasteiger partial charge in [0.05, 0.1) is 18.0 Å². The minimum atomic E-state index is -4.76. The summed E-state index contributed by atoms with van der Waals surface area (Å²) < 4.78 is 44.5. The molecule has 1 aromatic carbocycles. The van der Waals surface area contributed by atoms with Gasteiger partial charge in [0.25, 0.3) is 11.1 Å². The molecule has 0 bridgehead atoms. The maximum Gasteiger partial charge on any atom is 0.416 e. The van der Waals surface area contributed by atoms with Crippen molar-refractivity contribution >= 4 is 11.9 Å². The predicted molar refractivity (Wildman–Crippen MR) is 174 cm³/mol. The largest absolute Gasteiger partial charge is 0.481 e. The maximum atomic E-state index is 14.1. The second kappa shape index (κ2) is 14.3. The number of alkyl halides is 3. The summed E-state index contributed by atoms with van der Waals surface area (Å²) in [7, 11) is 3.45. The van der Waals surface area contributed by atoms with E-state index in [1.165, 1.54) is 0 Å². The molecule has 1 aliphatic heterocycles. The molecular formula is C35H43F3N4O5. The number of aryl methyl sites for hydroxylation is 2. The van der Waals surface area contributed by atoms with Crippen LogP contribution in [-0.2, 0) is 35.2 Å². The van der Waals surface area contributed by atoms with Crippen molar-refractivity contribution in [3.8, 4) is 11.1 Å². The van der Waals surface area contributed by atoms with Gasteiger partial charge >= 0.3 is 12.1 Å². The minimum Gasteiger partial charge on any atom is -0.481 e. The van der Waals surface area contributed by atoms with Gasteiger partial charge in [-0.3, -0.25) is 19.2 Å². The van der Waals surface area contributed by atoms with E-state index >= 15 is 0 Å². The molecule has 0 spiro atoms. The third kappa shape index (κ3) is 8.04. The van der Waals surface area contributed by atoms with E-state index in [0.717, 1.165) is 27.5 Å². The Bertz CT molecular complexity index is 1750. The predicted octanol–water partition coefficient (Wildman–Crippen LogP) is 5.28. The second-order valence-corrected chi connectivity index (χ2v) is 13.1. The Labute approximate surface area is 272 Å². The summed E-state index contributed by atoms with van der Waals surface area (Å²) in [4.78, 5) is 55.0. The van der Waals surface area contributed by atoms with Gasteiger partial charge in [-0.25, -0.2) is 0 Å². The van der Waals surface area contributed by atoms with Gasteiger partial charge in [-0.05, 0) is 93.4 Å². The van der Waals surface area contributed by atoms with E-state index < -0.39 is 47.7 Å². The van der Waals surface area contributed by atoms with Crippen LogP contribution in [0.4, 0.5) is 13.2 Å². The lowest BCUT2D eigenvalue weighted by molar-refractivity contribution is -0.139. The Balaban J connectivity index is 1.84. The van der Waals surface area contributed by atoms with Crippen molar-refractivity contribution < 1.29 is 27.9 Å². The van der Waals surface area contributed by atoms with Crippen LogP contribution in [-0.4, -0.2) is 51.7 Å². The number of aromatic nitrogens is 2. The summed E-state index contributed by atoms with van der Waals surface area (Å²) in [6.45, 7) is 8.15. The molecule has 47 heavy (non-hydrogen) atoms. The number of amides is 1. The first-order valence-electron chi connectivity index (χ1n) is 15.8. The molecule has 1 amide bonds. The zero-order valence-electron chi connectivity index (χ0n) is 27.7. The minimum absolute atomic E-state index is 0.00815. The van der Waals surface area contributed by atoms with E-state index in [9.17, 15) is 37.5 Å². The molecule has 2 aromatic heterocycles. The molecule has 3 heterocycles. The van der Waals surface area contributed by atoms with Crippen molar-refractivity contribution in [3.63, 3.8) is 0 Å². The fourth-order valence-corrected chi connectivity index (χ4v) is 6.48. The Kier molecular flexibility index (Phi) is 10.8. The van der Waals surface area contributed by atoms with Crippen molar-refractivity contribution in [2.75, 3.05) is 20.6 Å². The highest BCUT2D eigenvalue weighted by Gasteiger charge is 2.36. The van der Waals surface area contributed by atoms with Crippen LogP contribution in [0.3, 0.4) is 0 Å². The van der Waals surface area contributed by atoms with Crippen LogP contribution < -0.4 is 16.4 Å². The first kappa shape index (κ1) is 35.7. The van der Waals surface area contributed by atoms with Crippen LogP contribution in [0.25, 0.3) is 11.1 Å². The number of nitrogens with one attached hydrogen (secondary N) is 1. The van der Waals surface area contributed by atoms with Gasteiger partial charge in [0.2, 0.25) is 5.91 Å². The lowest BCUT2D eigenvalue weighted by Gasteiger charge is -2.27. The number of carboxylic acid groups (broad SMARTS) is 1. The zero-order valence-corrected chi connectivity index (χ0v) is 27.7. The van der Waals surface area contributed by atoms with Crippen LogP contribution in [0.15, 0.2) is 46.1 Å². The normalized spacial score (nSPS) is 14.4. The molecule has 3 aromatic rings. The topological polar surface area (TPSA) is 114 Å². The number of hydrogen-bond acceptors (Lipinski definition) is 5. The monoisotopic (exact) mass is 656 g/mol. The summed E-state index contributed by atoms with van der Waals surface area (Å²) in [5.41, 5.74) is 1.66. The summed E-state index contributed by atoms with van der Waals surface area (Å²) in [6.07, 6.45) is -2.87. The van der Waals surface area contributed by atoms with Crippen molar-refractivity contribution in [2.45, 2.75) is 84.6 Å². The number of hydrogen-bond donors (Lipinski definition) is 2. The van der Waals surface area contributed by atoms with Gasteiger partial charge in [-0.15, -0.1) is 0 Å². The van der Waals surface area contributed by atoms with Gasteiger partial charge in [-0.1, -0.05) is 32.0 Å². The molecule has 12 heteroatoms. The van der Waals surface area contributed by atoms with Crippen LogP contribution in [0.1, 0.15) is 78.7 Å². The van der Waals surface area contributed by atoms with Gasteiger partial charge in [0, 0.05) is 36.6 Å². The number of rotatable bonds is 12.